The average molecular weight is 392 g/mol. The van der Waals surface area contributed by atoms with Crippen molar-refractivity contribution in [2.75, 3.05) is 19.5 Å². The maximum Gasteiger partial charge on any atom is 0.291 e. The van der Waals surface area contributed by atoms with E-state index >= 15 is 0 Å². The molecule has 0 saturated carbocycles. The summed E-state index contributed by atoms with van der Waals surface area (Å²) in [6.07, 6.45) is 2.96. The molecule has 0 radical (unpaired) electrons. The minimum absolute atomic E-state index is 0.0624. The highest BCUT2D eigenvalue weighted by molar-refractivity contribution is 6.10. The van der Waals surface area contributed by atoms with Crippen LogP contribution in [-0.4, -0.2) is 26.0 Å². The summed E-state index contributed by atoms with van der Waals surface area (Å²) < 4.78 is 15.4. The first kappa shape index (κ1) is 19.8. The topological polar surface area (TPSA) is 89.8 Å². The van der Waals surface area contributed by atoms with Crippen molar-refractivity contribution in [3.63, 3.8) is 0 Å². The fourth-order valence-electron chi connectivity index (χ4n) is 2.49. The van der Waals surface area contributed by atoms with Crippen molar-refractivity contribution in [3.8, 4) is 11.5 Å². The van der Waals surface area contributed by atoms with Gasteiger partial charge in [0, 0.05) is 5.69 Å². The lowest BCUT2D eigenvalue weighted by molar-refractivity contribution is -0.113. The molecule has 1 heterocycles. The average Bonchev–Trinajstić information content (AvgIpc) is 3.29. The molecule has 148 valence electrons. The Kier molecular flexibility index (Phi) is 6.32. The fraction of sp³-hybridized carbons (Fsp3) is 0.0909. The highest BCUT2D eigenvalue weighted by Gasteiger charge is 2.16. The summed E-state index contributed by atoms with van der Waals surface area (Å²) in [6, 6.07) is 17.1. The van der Waals surface area contributed by atoms with E-state index in [0.717, 1.165) is 0 Å². The zero-order chi connectivity index (χ0) is 20.6. The number of benzene rings is 2. The molecule has 3 aromatic rings. The summed E-state index contributed by atoms with van der Waals surface area (Å²) in [4.78, 5) is 25.2. The predicted molar refractivity (Wildman–Crippen MR) is 109 cm³/mol. The quantitative estimate of drug-likeness (QED) is 0.599. The Morgan fingerprint density at radius 2 is 1.52 bits per heavy atom. The van der Waals surface area contributed by atoms with Crippen LogP contribution in [0.3, 0.4) is 0 Å². The molecule has 0 aliphatic heterocycles. The number of furan rings is 1. The van der Waals surface area contributed by atoms with Crippen LogP contribution in [0.15, 0.2) is 77.0 Å². The second kappa shape index (κ2) is 9.27. The van der Waals surface area contributed by atoms with Crippen LogP contribution in [-0.2, 0) is 4.79 Å². The van der Waals surface area contributed by atoms with Crippen molar-refractivity contribution in [3.05, 3.63) is 83.9 Å². The van der Waals surface area contributed by atoms with Crippen molar-refractivity contribution in [2.45, 2.75) is 0 Å². The molecule has 2 N–H and O–H groups in total. The summed E-state index contributed by atoms with van der Waals surface area (Å²) in [6.45, 7) is 0. The molecule has 7 nitrogen and oxygen atoms in total. The molecule has 1 aromatic heterocycles. The standard InChI is InChI=1S/C22H20N2O5/c1-27-17-9-5-15(6-10-17)14-19(24-22(26)20-4-3-13-29-20)21(25)23-16-7-11-18(28-2)12-8-16/h3-14H,1-2H3,(H,23,25)(H,24,26)/b19-14+. The van der Waals surface area contributed by atoms with Gasteiger partial charge in [0.1, 0.15) is 17.2 Å². The molecule has 29 heavy (non-hydrogen) atoms. The third-order valence-electron chi connectivity index (χ3n) is 4.01. The molecule has 0 spiro atoms. The smallest absolute Gasteiger partial charge is 0.291 e. The Morgan fingerprint density at radius 1 is 0.897 bits per heavy atom. The normalized spacial score (nSPS) is 10.9. The number of nitrogens with one attached hydrogen (secondary N) is 2. The SMILES string of the molecule is COc1ccc(/C=C(/NC(=O)c2ccco2)C(=O)Nc2ccc(OC)cc2)cc1. The lowest BCUT2D eigenvalue weighted by atomic mass is 10.1. The number of anilines is 1. The molecule has 0 unspecified atom stereocenters. The summed E-state index contributed by atoms with van der Waals surface area (Å²) in [5, 5.41) is 5.35. The van der Waals surface area contributed by atoms with Crippen molar-refractivity contribution < 1.29 is 23.5 Å². The molecular formula is C22H20N2O5. The monoisotopic (exact) mass is 392 g/mol. The van der Waals surface area contributed by atoms with Gasteiger partial charge in [-0.2, -0.15) is 0 Å². The molecule has 3 rings (SSSR count). The molecule has 2 amide bonds. The van der Waals surface area contributed by atoms with Crippen molar-refractivity contribution in [1.29, 1.82) is 0 Å². The van der Waals surface area contributed by atoms with E-state index in [2.05, 4.69) is 10.6 Å². The maximum atomic E-state index is 12.8. The van der Waals surface area contributed by atoms with Gasteiger partial charge in [-0.1, -0.05) is 12.1 Å². The minimum Gasteiger partial charge on any atom is -0.497 e. The van der Waals surface area contributed by atoms with Crippen LogP contribution in [0.5, 0.6) is 11.5 Å². The third kappa shape index (κ3) is 5.26. The van der Waals surface area contributed by atoms with Crippen molar-refractivity contribution in [2.24, 2.45) is 0 Å². The number of amides is 2. The number of methoxy groups -OCH3 is 2. The lowest BCUT2D eigenvalue weighted by Gasteiger charge is -2.11. The van der Waals surface area contributed by atoms with E-state index in [1.807, 2.05) is 0 Å². The van der Waals surface area contributed by atoms with Gasteiger partial charge >= 0.3 is 0 Å². The van der Waals surface area contributed by atoms with Gasteiger partial charge in [0.05, 0.1) is 20.5 Å². The van der Waals surface area contributed by atoms with Crippen LogP contribution in [0.4, 0.5) is 5.69 Å². The summed E-state index contributed by atoms with van der Waals surface area (Å²) >= 11 is 0. The van der Waals surface area contributed by atoms with Gasteiger partial charge in [0.15, 0.2) is 5.76 Å². The molecule has 0 fully saturated rings. The second-order valence-corrected chi connectivity index (χ2v) is 5.95. The highest BCUT2D eigenvalue weighted by atomic mass is 16.5. The molecule has 0 aliphatic rings. The maximum absolute atomic E-state index is 12.8. The largest absolute Gasteiger partial charge is 0.497 e. The second-order valence-electron chi connectivity index (χ2n) is 5.95. The van der Waals surface area contributed by atoms with E-state index in [4.69, 9.17) is 13.9 Å². The van der Waals surface area contributed by atoms with E-state index in [-0.39, 0.29) is 11.5 Å². The van der Waals surface area contributed by atoms with Crippen molar-refractivity contribution in [1.82, 2.24) is 5.32 Å². The fourth-order valence-corrected chi connectivity index (χ4v) is 2.49. The van der Waals surface area contributed by atoms with Crippen LogP contribution in [0.25, 0.3) is 6.08 Å². The summed E-state index contributed by atoms with van der Waals surface area (Å²) in [7, 11) is 3.13. The van der Waals surface area contributed by atoms with Crippen LogP contribution in [0.1, 0.15) is 16.1 Å². The van der Waals surface area contributed by atoms with E-state index < -0.39 is 11.8 Å². The lowest BCUT2D eigenvalue weighted by Crippen LogP contribution is -2.30. The van der Waals surface area contributed by atoms with Crippen LogP contribution >= 0.6 is 0 Å². The number of rotatable bonds is 7. The molecule has 0 aliphatic carbocycles. The molecule has 7 heteroatoms. The Morgan fingerprint density at radius 3 is 2.07 bits per heavy atom. The van der Waals surface area contributed by atoms with Gasteiger partial charge in [-0.3, -0.25) is 9.59 Å². The van der Waals surface area contributed by atoms with Crippen molar-refractivity contribution >= 4 is 23.6 Å². The van der Waals surface area contributed by atoms with Gasteiger partial charge in [-0.25, -0.2) is 0 Å². The number of hydrogen-bond donors (Lipinski definition) is 2. The van der Waals surface area contributed by atoms with Gasteiger partial charge in [-0.05, 0) is 60.2 Å². The Bertz CT molecular complexity index is 991. The van der Waals surface area contributed by atoms with E-state index in [1.54, 1.807) is 74.9 Å². The van der Waals surface area contributed by atoms with E-state index in [9.17, 15) is 9.59 Å². The Hall–Kier alpha value is -4.00. The highest BCUT2D eigenvalue weighted by Crippen LogP contribution is 2.17. The van der Waals surface area contributed by atoms with Crippen LogP contribution < -0.4 is 20.1 Å². The summed E-state index contributed by atoms with van der Waals surface area (Å²) in [5.41, 5.74) is 1.33. The first-order valence-corrected chi connectivity index (χ1v) is 8.75. The minimum atomic E-state index is -0.528. The van der Waals surface area contributed by atoms with Gasteiger partial charge in [0.2, 0.25) is 0 Å². The van der Waals surface area contributed by atoms with Gasteiger partial charge in [-0.15, -0.1) is 0 Å². The third-order valence-corrected chi connectivity index (χ3v) is 4.01. The Balaban J connectivity index is 1.84. The first-order chi connectivity index (χ1) is 14.1. The number of hydrogen-bond acceptors (Lipinski definition) is 5. The van der Waals surface area contributed by atoms with Gasteiger partial charge in [0.25, 0.3) is 11.8 Å². The zero-order valence-corrected chi connectivity index (χ0v) is 16.0. The molecule has 0 bridgehead atoms. The summed E-state index contributed by atoms with van der Waals surface area (Å²) in [5.74, 6) is 0.447. The predicted octanol–water partition coefficient (Wildman–Crippen LogP) is 3.71. The van der Waals surface area contributed by atoms with Crippen LogP contribution in [0.2, 0.25) is 0 Å². The molecule has 2 aromatic carbocycles. The Labute approximate surface area is 167 Å². The molecular weight excluding hydrogens is 372 g/mol. The number of carbonyl (C=O) groups is 2. The molecule has 0 saturated heterocycles. The van der Waals surface area contributed by atoms with Crippen LogP contribution in [0, 0.1) is 0 Å². The van der Waals surface area contributed by atoms with E-state index in [1.165, 1.54) is 12.3 Å². The number of ether oxygens (including phenoxy) is 2. The van der Waals surface area contributed by atoms with E-state index in [0.29, 0.717) is 22.7 Å². The van der Waals surface area contributed by atoms with Gasteiger partial charge < -0.3 is 24.5 Å². The molecule has 0 atom stereocenters. The number of carbonyl (C=O) groups excluding carboxylic acids is 2. The zero-order valence-electron chi connectivity index (χ0n) is 16.0. The first-order valence-electron chi connectivity index (χ1n) is 8.75.